The first-order valence-electron chi connectivity index (χ1n) is 8.06. The van der Waals surface area contributed by atoms with Crippen molar-refractivity contribution in [3.8, 4) is 11.3 Å². The molecule has 0 fully saturated rings. The van der Waals surface area contributed by atoms with E-state index in [1.54, 1.807) is 30.3 Å². The molecule has 3 rings (SSSR count). The average molecular weight is 413 g/mol. The Hall–Kier alpha value is -2.93. The molecule has 3 N–H and O–H groups in total. The van der Waals surface area contributed by atoms with E-state index in [0.29, 0.717) is 30.0 Å². The highest BCUT2D eigenvalue weighted by atomic mass is 79.9. The number of nitrogens with one attached hydrogen (secondary N) is 3. The third-order valence-corrected chi connectivity index (χ3v) is 4.22. The molecule has 2 amide bonds. The molecule has 0 saturated heterocycles. The third kappa shape index (κ3) is 4.58. The van der Waals surface area contributed by atoms with Gasteiger partial charge in [0.2, 0.25) is 0 Å². The standard InChI is InChI=1S/C19H17BrN4O2/c20-15-8-6-13(7-9-15)16-12-17(24-23-16)19(26)22-11-10-21-18(25)14-4-2-1-3-5-14/h1-9,12H,10-11H2,(H,21,25)(H,22,26)(H,23,24). The van der Waals surface area contributed by atoms with E-state index >= 15 is 0 Å². The van der Waals surface area contributed by atoms with E-state index in [2.05, 4.69) is 36.8 Å². The molecule has 0 aliphatic heterocycles. The lowest BCUT2D eigenvalue weighted by atomic mass is 10.1. The number of hydrogen-bond acceptors (Lipinski definition) is 3. The van der Waals surface area contributed by atoms with Gasteiger partial charge in [-0.05, 0) is 30.3 Å². The van der Waals surface area contributed by atoms with Crippen LogP contribution in [0.3, 0.4) is 0 Å². The molecule has 0 unspecified atom stereocenters. The lowest BCUT2D eigenvalue weighted by Gasteiger charge is -2.06. The minimum atomic E-state index is -0.269. The molecule has 0 aliphatic rings. The summed E-state index contributed by atoms with van der Waals surface area (Å²) in [5.74, 6) is -0.436. The Morgan fingerprint density at radius 1 is 0.923 bits per heavy atom. The highest BCUT2D eigenvalue weighted by Crippen LogP contribution is 2.20. The molecule has 0 radical (unpaired) electrons. The largest absolute Gasteiger partial charge is 0.350 e. The Bertz CT molecular complexity index is 891. The minimum absolute atomic E-state index is 0.168. The Morgan fingerprint density at radius 3 is 2.27 bits per heavy atom. The summed E-state index contributed by atoms with van der Waals surface area (Å²) < 4.78 is 0.979. The maximum Gasteiger partial charge on any atom is 0.269 e. The highest BCUT2D eigenvalue weighted by molar-refractivity contribution is 9.10. The first kappa shape index (κ1) is 17.9. The molecule has 2 aromatic carbocycles. The van der Waals surface area contributed by atoms with Crippen molar-refractivity contribution in [1.82, 2.24) is 20.8 Å². The van der Waals surface area contributed by atoms with E-state index in [1.165, 1.54) is 0 Å². The zero-order valence-corrected chi connectivity index (χ0v) is 15.4. The molecule has 26 heavy (non-hydrogen) atoms. The number of nitrogens with zero attached hydrogens (tertiary/aromatic N) is 1. The number of amides is 2. The van der Waals surface area contributed by atoms with Gasteiger partial charge < -0.3 is 10.6 Å². The van der Waals surface area contributed by atoms with E-state index < -0.39 is 0 Å². The van der Waals surface area contributed by atoms with Gasteiger partial charge in [0.25, 0.3) is 11.8 Å². The van der Waals surface area contributed by atoms with Gasteiger partial charge in [-0.25, -0.2) is 0 Å². The van der Waals surface area contributed by atoms with E-state index in [1.807, 2.05) is 30.3 Å². The topological polar surface area (TPSA) is 86.9 Å². The predicted octanol–water partition coefficient (Wildman–Crippen LogP) is 3.00. The number of hydrogen-bond donors (Lipinski definition) is 3. The van der Waals surface area contributed by atoms with E-state index in [4.69, 9.17) is 0 Å². The molecular formula is C19H17BrN4O2. The molecule has 0 spiro atoms. The SMILES string of the molecule is O=C(NCCNC(=O)c1cc(-c2ccc(Br)cc2)n[nH]1)c1ccccc1. The maximum atomic E-state index is 12.2. The number of H-pyrrole nitrogens is 1. The smallest absolute Gasteiger partial charge is 0.269 e. The molecule has 0 bridgehead atoms. The number of aromatic amines is 1. The van der Waals surface area contributed by atoms with Crippen LogP contribution < -0.4 is 10.6 Å². The first-order chi connectivity index (χ1) is 12.6. The van der Waals surface area contributed by atoms with E-state index in [-0.39, 0.29) is 11.8 Å². The molecule has 3 aromatic rings. The zero-order valence-electron chi connectivity index (χ0n) is 13.8. The summed E-state index contributed by atoms with van der Waals surface area (Å²) in [6.07, 6.45) is 0. The van der Waals surface area contributed by atoms with Gasteiger partial charge in [-0.15, -0.1) is 0 Å². The van der Waals surface area contributed by atoms with Gasteiger partial charge in [0.15, 0.2) is 0 Å². The molecule has 0 aliphatic carbocycles. The van der Waals surface area contributed by atoms with Gasteiger partial charge in [-0.2, -0.15) is 5.10 Å². The Morgan fingerprint density at radius 2 is 1.58 bits per heavy atom. The molecule has 0 atom stereocenters. The van der Waals surface area contributed by atoms with Crippen LogP contribution in [0.2, 0.25) is 0 Å². The number of carbonyl (C=O) groups is 2. The van der Waals surface area contributed by atoms with Gasteiger partial charge >= 0.3 is 0 Å². The summed E-state index contributed by atoms with van der Waals surface area (Å²) in [5, 5.41) is 12.4. The fourth-order valence-electron chi connectivity index (χ4n) is 2.35. The van der Waals surface area contributed by atoms with E-state index in [0.717, 1.165) is 10.0 Å². The summed E-state index contributed by atoms with van der Waals surface area (Å²) in [5.41, 5.74) is 2.57. The monoisotopic (exact) mass is 412 g/mol. The molecule has 0 saturated carbocycles. The minimum Gasteiger partial charge on any atom is -0.350 e. The van der Waals surface area contributed by atoms with Crippen molar-refractivity contribution >= 4 is 27.7 Å². The molecule has 132 valence electrons. The molecule has 7 heteroatoms. The second-order valence-corrected chi connectivity index (χ2v) is 6.47. The van der Waals surface area contributed by atoms with Gasteiger partial charge in [0.1, 0.15) is 5.69 Å². The van der Waals surface area contributed by atoms with Gasteiger partial charge in [-0.1, -0.05) is 46.3 Å². The van der Waals surface area contributed by atoms with Crippen molar-refractivity contribution in [2.24, 2.45) is 0 Å². The van der Waals surface area contributed by atoms with Crippen molar-refractivity contribution in [1.29, 1.82) is 0 Å². The quantitative estimate of drug-likeness (QED) is 0.543. The van der Waals surface area contributed by atoms with Gasteiger partial charge in [0.05, 0.1) is 5.69 Å². The van der Waals surface area contributed by atoms with E-state index in [9.17, 15) is 9.59 Å². The van der Waals surface area contributed by atoms with Crippen LogP contribution in [-0.2, 0) is 0 Å². The van der Waals surface area contributed by atoms with Crippen LogP contribution in [0.4, 0.5) is 0 Å². The van der Waals surface area contributed by atoms with Crippen molar-refractivity contribution in [2.45, 2.75) is 0 Å². The van der Waals surface area contributed by atoms with Crippen LogP contribution in [0, 0.1) is 0 Å². The number of aromatic nitrogens is 2. The zero-order chi connectivity index (χ0) is 18.4. The van der Waals surface area contributed by atoms with Crippen LogP contribution in [0.1, 0.15) is 20.8 Å². The average Bonchev–Trinajstić information content (AvgIpc) is 3.16. The van der Waals surface area contributed by atoms with Crippen LogP contribution in [0.25, 0.3) is 11.3 Å². The summed E-state index contributed by atoms with van der Waals surface area (Å²) >= 11 is 3.38. The number of carbonyl (C=O) groups excluding carboxylic acids is 2. The molecule has 1 heterocycles. The van der Waals surface area contributed by atoms with Crippen LogP contribution in [0.15, 0.2) is 65.1 Å². The Balaban J connectivity index is 1.48. The molecule has 6 nitrogen and oxygen atoms in total. The fraction of sp³-hybridized carbons (Fsp3) is 0.105. The number of benzene rings is 2. The summed E-state index contributed by atoms with van der Waals surface area (Å²) in [6, 6.07) is 18.3. The van der Waals surface area contributed by atoms with Crippen molar-refractivity contribution < 1.29 is 9.59 Å². The van der Waals surface area contributed by atoms with Crippen molar-refractivity contribution in [3.63, 3.8) is 0 Å². The number of rotatable bonds is 6. The summed E-state index contributed by atoms with van der Waals surface area (Å²) in [6.45, 7) is 0.664. The molecular weight excluding hydrogens is 396 g/mol. The normalized spacial score (nSPS) is 10.3. The molecule has 1 aromatic heterocycles. The Kier molecular flexibility index (Phi) is 5.80. The van der Waals surface area contributed by atoms with Crippen molar-refractivity contribution in [3.05, 3.63) is 76.4 Å². The lowest BCUT2D eigenvalue weighted by molar-refractivity contribution is 0.0925. The summed E-state index contributed by atoms with van der Waals surface area (Å²) in [7, 11) is 0. The summed E-state index contributed by atoms with van der Waals surface area (Å²) in [4.78, 5) is 24.1. The maximum absolute atomic E-state index is 12.2. The van der Waals surface area contributed by atoms with Gasteiger partial charge in [0, 0.05) is 28.7 Å². The fourth-order valence-corrected chi connectivity index (χ4v) is 2.61. The first-order valence-corrected chi connectivity index (χ1v) is 8.85. The number of halogens is 1. The second-order valence-electron chi connectivity index (χ2n) is 5.55. The Labute approximate surface area is 159 Å². The van der Waals surface area contributed by atoms with Crippen LogP contribution in [0.5, 0.6) is 0 Å². The van der Waals surface area contributed by atoms with Crippen molar-refractivity contribution in [2.75, 3.05) is 13.1 Å². The second kappa shape index (κ2) is 8.44. The van der Waals surface area contributed by atoms with Crippen LogP contribution in [-0.4, -0.2) is 35.1 Å². The van der Waals surface area contributed by atoms with Gasteiger partial charge in [-0.3, -0.25) is 14.7 Å². The predicted molar refractivity (Wildman–Crippen MR) is 103 cm³/mol. The highest BCUT2D eigenvalue weighted by Gasteiger charge is 2.11. The van der Waals surface area contributed by atoms with Crippen LogP contribution >= 0.6 is 15.9 Å². The lowest BCUT2D eigenvalue weighted by Crippen LogP contribution is -2.34. The third-order valence-electron chi connectivity index (χ3n) is 3.69.